The normalized spacial score (nSPS) is 10.3. The summed E-state index contributed by atoms with van der Waals surface area (Å²) < 4.78 is 26.7. The van der Waals surface area contributed by atoms with E-state index in [1.54, 1.807) is 30.3 Å². The van der Waals surface area contributed by atoms with Crippen molar-refractivity contribution in [1.82, 2.24) is 0 Å². The molecule has 2 aromatic carbocycles. The highest BCUT2D eigenvalue weighted by Gasteiger charge is 2.06. The molecule has 3 heteroatoms. The van der Waals surface area contributed by atoms with Crippen molar-refractivity contribution < 1.29 is 8.78 Å². The van der Waals surface area contributed by atoms with Gasteiger partial charge in [0.25, 0.3) is 0 Å². The maximum absolute atomic E-state index is 13.4. The maximum Gasteiger partial charge on any atom is 0.137 e. The van der Waals surface area contributed by atoms with E-state index in [0.717, 1.165) is 0 Å². The Hall–Kier alpha value is -1.22. The van der Waals surface area contributed by atoms with Crippen molar-refractivity contribution in [2.24, 2.45) is 0 Å². The fraction of sp³-hybridized carbons (Fsp3) is 0. The Morgan fingerprint density at radius 1 is 0.867 bits per heavy atom. The van der Waals surface area contributed by atoms with Gasteiger partial charge in [-0.15, -0.1) is 0 Å². The first-order chi connectivity index (χ1) is 7.18. The van der Waals surface area contributed by atoms with Crippen molar-refractivity contribution in [3.05, 3.63) is 58.6 Å². The van der Waals surface area contributed by atoms with Crippen molar-refractivity contribution in [2.45, 2.75) is 0 Å². The smallest absolute Gasteiger partial charge is 0.137 e. The molecule has 0 N–H and O–H groups in total. The summed E-state index contributed by atoms with van der Waals surface area (Å²) in [6, 6.07) is 10.8. The van der Waals surface area contributed by atoms with Crippen LogP contribution < -0.4 is 0 Å². The molecule has 0 spiro atoms. The minimum absolute atomic E-state index is 0.309. The third-order valence-corrected chi connectivity index (χ3v) is 2.71. The first-order valence-corrected chi connectivity index (χ1v) is 5.18. The molecular formula is C12H7BrF2. The molecule has 0 aromatic heterocycles. The summed E-state index contributed by atoms with van der Waals surface area (Å²) in [5.74, 6) is -0.661. The average Bonchev–Trinajstić information content (AvgIpc) is 2.23. The molecule has 0 bridgehead atoms. The van der Waals surface area contributed by atoms with Crippen LogP contribution in [0.2, 0.25) is 0 Å². The van der Waals surface area contributed by atoms with Crippen LogP contribution >= 0.6 is 15.9 Å². The largest absolute Gasteiger partial charge is 0.206 e. The lowest BCUT2D eigenvalue weighted by atomic mass is 10.1. The first-order valence-electron chi connectivity index (χ1n) is 4.38. The number of rotatable bonds is 1. The van der Waals surface area contributed by atoms with Gasteiger partial charge in [-0.3, -0.25) is 0 Å². The van der Waals surface area contributed by atoms with E-state index in [2.05, 4.69) is 15.9 Å². The first kappa shape index (κ1) is 10.3. The highest BCUT2D eigenvalue weighted by molar-refractivity contribution is 9.10. The second kappa shape index (κ2) is 4.11. The summed E-state index contributed by atoms with van der Waals surface area (Å²) in [6.45, 7) is 0. The SMILES string of the molecule is Fc1ccc(-c2ccccc2F)cc1Br. The summed E-state index contributed by atoms with van der Waals surface area (Å²) in [6.07, 6.45) is 0. The zero-order chi connectivity index (χ0) is 10.8. The number of hydrogen-bond acceptors (Lipinski definition) is 0. The van der Waals surface area contributed by atoms with Gasteiger partial charge >= 0.3 is 0 Å². The molecule has 0 aliphatic heterocycles. The standard InChI is InChI=1S/C12H7BrF2/c13-10-7-8(5-6-12(10)15)9-3-1-2-4-11(9)14/h1-7H. The van der Waals surface area contributed by atoms with Gasteiger partial charge in [-0.2, -0.15) is 0 Å². The second-order valence-electron chi connectivity index (χ2n) is 3.11. The Kier molecular flexibility index (Phi) is 2.82. The minimum Gasteiger partial charge on any atom is -0.206 e. The third-order valence-electron chi connectivity index (χ3n) is 2.10. The van der Waals surface area contributed by atoms with Crippen LogP contribution in [0.4, 0.5) is 8.78 Å². The van der Waals surface area contributed by atoms with E-state index < -0.39 is 0 Å². The summed E-state index contributed by atoms with van der Waals surface area (Å²) in [4.78, 5) is 0. The van der Waals surface area contributed by atoms with Crippen LogP contribution in [-0.2, 0) is 0 Å². The lowest BCUT2D eigenvalue weighted by Gasteiger charge is -2.04. The van der Waals surface area contributed by atoms with Gasteiger partial charge in [0, 0.05) is 5.56 Å². The van der Waals surface area contributed by atoms with E-state index in [0.29, 0.717) is 15.6 Å². The van der Waals surface area contributed by atoms with E-state index in [1.165, 1.54) is 12.1 Å². The highest BCUT2D eigenvalue weighted by Crippen LogP contribution is 2.26. The molecule has 0 saturated heterocycles. The van der Waals surface area contributed by atoms with Gasteiger partial charge in [0.15, 0.2) is 0 Å². The molecule has 0 aliphatic rings. The Balaban J connectivity index is 2.55. The number of benzene rings is 2. The molecule has 0 heterocycles. The molecule has 0 atom stereocenters. The predicted molar refractivity (Wildman–Crippen MR) is 59.5 cm³/mol. The molecular weight excluding hydrogens is 262 g/mol. The van der Waals surface area contributed by atoms with Gasteiger partial charge in [0.1, 0.15) is 11.6 Å². The van der Waals surface area contributed by atoms with Gasteiger partial charge in [-0.1, -0.05) is 24.3 Å². The minimum atomic E-state index is -0.352. The molecule has 0 saturated carbocycles. The number of hydrogen-bond donors (Lipinski definition) is 0. The molecule has 2 rings (SSSR count). The fourth-order valence-corrected chi connectivity index (χ4v) is 1.74. The van der Waals surface area contributed by atoms with Crippen LogP contribution in [0.5, 0.6) is 0 Å². The third kappa shape index (κ3) is 2.07. The Morgan fingerprint density at radius 3 is 2.27 bits per heavy atom. The van der Waals surface area contributed by atoms with Crippen molar-refractivity contribution in [1.29, 1.82) is 0 Å². The molecule has 2 aromatic rings. The zero-order valence-corrected chi connectivity index (χ0v) is 9.26. The lowest BCUT2D eigenvalue weighted by Crippen LogP contribution is -1.85. The molecule has 0 fully saturated rings. The van der Waals surface area contributed by atoms with Crippen molar-refractivity contribution in [2.75, 3.05) is 0 Å². The fourth-order valence-electron chi connectivity index (χ4n) is 1.36. The van der Waals surface area contributed by atoms with E-state index in [9.17, 15) is 8.78 Å². The van der Waals surface area contributed by atoms with Crippen LogP contribution in [0.25, 0.3) is 11.1 Å². The molecule has 76 valence electrons. The van der Waals surface area contributed by atoms with Crippen molar-refractivity contribution in [3.8, 4) is 11.1 Å². The van der Waals surface area contributed by atoms with Crippen LogP contribution in [0.15, 0.2) is 46.9 Å². The van der Waals surface area contributed by atoms with Gasteiger partial charge in [-0.05, 0) is 39.7 Å². The van der Waals surface area contributed by atoms with Crippen LogP contribution in [0, 0.1) is 11.6 Å². The van der Waals surface area contributed by atoms with Gasteiger partial charge in [0.2, 0.25) is 0 Å². The van der Waals surface area contributed by atoms with E-state index in [1.807, 2.05) is 0 Å². The molecule has 0 nitrogen and oxygen atoms in total. The van der Waals surface area contributed by atoms with E-state index >= 15 is 0 Å². The Labute approximate surface area is 94.7 Å². The summed E-state index contributed by atoms with van der Waals surface area (Å²) in [5.41, 5.74) is 1.12. The quantitative estimate of drug-likeness (QED) is 0.720. The molecule has 0 unspecified atom stereocenters. The van der Waals surface area contributed by atoms with E-state index in [4.69, 9.17) is 0 Å². The molecule has 0 radical (unpaired) electrons. The topological polar surface area (TPSA) is 0 Å². The lowest BCUT2D eigenvalue weighted by molar-refractivity contribution is 0.620. The van der Waals surface area contributed by atoms with Crippen LogP contribution in [0.1, 0.15) is 0 Å². The van der Waals surface area contributed by atoms with Gasteiger partial charge in [-0.25, -0.2) is 8.78 Å². The van der Waals surface area contributed by atoms with Gasteiger partial charge in [0.05, 0.1) is 4.47 Å². The van der Waals surface area contributed by atoms with Crippen molar-refractivity contribution >= 4 is 15.9 Å². The number of halogens is 3. The van der Waals surface area contributed by atoms with Crippen LogP contribution in [0.3, 0.4) is 0 Å². The second-order valence-corrected chi connectivity index (χ2v) is 3.96. The summed E-state index contributed by atoms with van der Waals surface area (Å²) >= 11 is 3.07. The zero-order valence-electron chi connectivity index (χ0n) is 7.68. The molecule has 0 aliphatic carbocycles. The van der Waals surface area contributed by atoms with E-state index in [-0.39, 0.29) is 11.6 Å². The summed E-state index contributed by atoms with van der Waals surface area (Å²) in [5, 5.41) is 0. The predicted octanol–water partition coefficient (Wildman–Crippen LogP) is 4.39. The monoisotopic (exact) mass is 268 g/mol. The molecule has 0 amide bonds. The average molecular weight is 269 g/mol. The highest BCUT2D eigenvalue weighted by atomic mass is 79.9. The Morgan fingerprint density at radius 2 is 1.60 bits per heavy atom. The van der Waals surface area contributed by atoms with Crippen molar-refractivity contribution in [3.63, 3.8) is 0 Å². The maximum atomic E-state index is 13.4. The van der Waals surface area contributed by atoms with Gasteiger partial charge < -0.3 is 0 Å². The molecule has 15 heavy (non-hydrogen) atoms. The van der Waals surface area contributed by atoms with Crippen LogP contribution in [-0.4, -0.2) is 0 Å². The summed E-state index contributed by atoms with van der Waals surface area (Å²) in [7, 11) is 0. The Bertz CT molecular complexity index is 495.